The van der Waals surface area contributed by atoms with Crippen molar-refractivity contribution in [1.82, 2.24) is 5.32 Å². The summed E-state index contributed by atoms with van der Waals surface area (Å²) >= 11 is 0. The maximum Gasteiger partial charge on any atom is 0.129 e. The van der Waals surface area contributed by atoms with Crippen molar-refractivity contribution in [3.63, 3.8) is 0 Å². The Morgan fingerprint density at radius 1 is 1.46 bits per heavy atom. The molecule has 1 atom stereocenters. The first-order chi connectivity index (χ1) is 6.08. The highest BCUT2D eigenvalue weighted by Gasteiger charge is 2.24. The number of halogens is 1. The van der Waals surface area contributed by atoms with E-state index in [0.717, 1.165) is 0 Å². The van der Waals surface area contributed by atoms with Gasteiger partial charge in [-0.15, -0.1) is 0 Å². The van der Waals surface area contributed by atoms with Gasteiger partial charge in [-0.1, -0.05) is 18.2 Å². The summed E-state index contributed by atoms with van der Waals surface area (Å²) < 4.78 is 13.2. The van der Waals surface area contributed by atoms with Crippen LogP contribution in [0, 0.1) is 5.82 Å². The molecule has 2 N–H and O–H groups in total. The van der Waals surface area contributed by atoms with Gasteiger partial charge in [0.2, 0.25) is 0 Å². The second-order valence-corrected chi connectivity index (χ2v) is 3.28. The third-order valence-corrected chi connectivity index (χ3v) is 1.98. The Morgan fingerprint density at radius 2 is 2.08 bits per heavy atom. The van der Waals surface area contributed by atoms with Crippen molar-refractivity contribution in [3.05, 3.63) is 35.6 Å². The smallest absolute Gasteiger partial charge is 0.129 e. The molecule has 2 nitrogen and oxygen atoms in total. The Bertz CT molecular complexity index is 286. The molecule has 1 aromatic carbocycles. The van der Waals surface area contributed by atoms with Crippen LogP contribution in [-0.4, -0.2) is 18.7 Å². The molecule has 3 heteroatoms. The van der Waals surface area contributed by atoms with Crippen LogP contribution < -0.4 is 5.32 Å². The summed E-state index contributed by atoms with van der Waals surface area (Å²) in [7, 11) is 1.72. The Morgan fingerprint density at radius 3 is 2.62 bits per heavy atom. The van der Waals surface area contributed by atoms with Crippen LogP contribution in [0.4, 0.5) is 4.39 Å². The highest BCUT2D eigenvalue weighted by molar-refractivity contribution is 5.23. The lowest BCUT2D eigenvalue weighted by Crippen LogP contribution is -2.34. The van der Waals surface area contributed by atoms with Crippen LogP contribution in [0.2, 0.25) is 0 Å². The zero-order chi connectivity index (χ0) is 9.90. The van der Waals surface area contributed by atoms with E-state index in [1.54, 1.807) is 32.2 Å². The van der Waals surface area contributed by atoms with Gasteiger partial charge < -0.3 is 10.4 Å². The maximum atomic E-state index is 13.2. The number of benzene rings is 1. The molecule has 13 heavy (non-hydrogen) atoms. The van der Waals surface area contributed by atoms with Crippen molar-refractivity contribution in [3.8, 4) is 0 Å². The van der Waals surface area contributed by atoms with Crippen LogP contribution >= 0.6 is 0 Å². The van der Waals surface area contributed by atoms with Crippen molar-refractivity contribution in [2.75, 3.05) is 13.6 Å². The number of rotatable bonds is 3. The number of likely N-dealkylation sites (N-methyl/N-ethyl adjacent to an activating group) is 1. The van der Waals surface area contributed by atoms with Crippen LogP contribution in [0.3, 0.4) is 0 Å². The van der Waals surface area contributed by atoms with Crippen molar-refractivity contribution in [2.24, 2.45) is 0 Å². The lowest BCUT2D eigenvalue weighted by molar-refractivity contribution is 0.0554. The topological polar surface area (TPSA) is 32.3 Å². The van der Waals surface area contributed by atoms with E-state index in [1.807, 2.05) is 0 Å². The van der Waals surface area contributed by atoms with Gasteiger partial charge in [0.25, 0.3) is 0 Å². The first-order valence-corrected chi connectivity index (χ1v) is 4.20. The molecule has 0 bridgehead atoms. The van der Waals surface area contributed by atoms with Crippen LogP contribution in [0.1, 0.15) is 12.5 Å². The fourth-order valence-corrected chi connectivity index (χ4v) is 1.34. The zero-order valence-corrected chi connectivity index (χ0v) is 7.84. The van der Waals surface area contributed by atoms with E-state index in [1.165, 1.54) is 6.07 Å². The van der Waals surface area contributed by atoms with Crippen molar-refractivity contribution in [1.29, 1.82) is 0 Å². The number of hydrogen-bond donors (Lipinski definition) is 2. The first kappa shape index (κ1) is 10.2. The first-order valence-electron chi connectivity index (χ1n) is 4.20. The maximum absolute atomic E-state index is 13.2. The molecule has 1 aromatic rings. The molecule has 0 radical (unpaired) electrons. The molecule has 72 valence electrons. The van der Waals surface area contributed by atoms with Gasteiger partial charge in [0.15, 0.2) is 0 Å². The molecule has 0 saturated heterocycles. The van der Waals surface area contributed by atoms with Gasteiger partial charge in [-0.2, -0.15) is 0 Å². The van der Waals surface area contributed by atoms with Gasteiger partial charge in [0.05, 0.1) is 0 Å². The Balaban J connectivity index is 2.99. The summed E-state index contributed by atoms with van der Waals surface area (Å²) in [5.41, 5.74) is -0.829. The Hall–Kier alpha value is -0.930. The van der Waals surface area contributed by atoms with E-state index in [2.05, 4.69) is 5.32 Å². The second-order valence-electron chi connectivity index (χ2n) is 3.28. The summed E-state index contributed by atoms with van der Waals surface area (Å²) in [6, 6.07) is 6.25. The quantitative estimate of drug-likeness (QED) is 0.739. The van der Waals surface area contributed by atoms with E-state index in [0.29, 0.717) is 12.1 Å². The summed E-state index contributed by atoms with van der Waals surface area (Å²) in [6.45, 7) is 1.91. The highest BCUT2D eigenvalue weighted by Crippen LogP contribution is 2.22. The largest absolute Gasteiger partial charge is 0.384 e. The third kappa shape index (κ3) is 2.26. The minimum atomic E-state index is -1.15. The molecule has 1 unspecified atom stereocenters. The van der Waals surface area contributed by atoms with Gasteiger partial charge >= 0.3 is 0 Å². The standard InChI is InChI=1S/C10H14FNO/c1-10(13,7-12-2)8-5-3-4-6-9(8)11/h3-6,12-13H,7H2,1-2H3. The molecule has 0 aliphatic heterocycles. The van der Waals surface area contributed by atoms with E-state index < -0.39 is 5.60 Å². The SMILES string of the molecule is CNCC(C)(O)c1ccccc1F. The number of aliphatic hydroxyl groups is 1. The number of nitrogens with one attached hydrogen (secondary N) is 1. The summed E-state index contributed by atoms with van der Waals surface area (Å²) in [6.07, 6.45) is 0. The van der Waals surface area contributed by atoms with Crippen LogP contribution in [0.25, 0.3) is 0 Å². The summed E-state index contributed by atoms with van der Waals surface area (Å²) in [5.74, 6) is -0.372. The lowest BCUT2D eigenvalue weighted by atomic mass is 9.95. The molecule has 0 aromatic heterocycles. The molecule has 0 heterocycles. The van der Waals surface area contributed by atoms with Crippen molar-refractivity contribution in [2.45, 2.75) is 12.5 Å². The van der Waals surface area contributed by atoms with Crippen LogP contribution in [-0.2, 0) is 5.60 Å². The minimum absolute atomic E-state index is 0.323. The molecule has 0 aliphatic rings. The summed E-state index contributed by atoms with van der Waals surface area (Å²) in [4.78, 5) is 0. The van der Waals surface area contributed by atoms with E-state index in [4.69, 9.17) is 0 Å². The van der Waals surface area contributed by atoms with E-state index in [9.17, 15) is 9.50 Å². The monoisotopic (exact) mass is 183 g/mol. The van der Waals surface area contributed by atoms with Gasteiger partial charge in [-0.25, -0.2) is 4.39 Å². The fourth-order valence-electron chi connectivity index (χ4n) is 1.34. The molecule has 0 saturated carbocycles. The van der Waals surface area contributed by atoms with Gasteiger partial charge in [-0.3, -0.25) is 0 Å². The van der Waals surface area contributed by atoms with Crippen molar-refractivity contribution < 1.29 is 9.50 Å². The van der Waals surface area contributed by atoms with Gasteiger partial charge in [0, 0.05) is 12.1 Å². The minimum Gasteiger partial charge on any atom is -0.384 e. The zero-order valence-electron chi connectivity index (χ0n) is 7.84. The normalized spacial score (nSPS) is 15.4. The lowest BCUT2D eigenvalue weighted by Gasteiger charge is -2.23. The molecule has 0 aliphatic carbocycles. The third-order valence-electron chi connectivity index (χ3n) is 1.98. The van der Waals surface area contributed by atoms with Crippen molar-refractivity contribution >= 4 is 0 Å². The predicted octanol–water partition coefficient (Wildman–Crippen LogP) is 1.25. The van der Waals surface area contributed by atoms with Crippen LogP contribution in [0.5, 0.6) is 0 Å². The average molecular weight is 183 g/mol. The highest BCUT2D eigenvalue weighted by atomic mass is 19.1. The molecule has 0 spiro atoms. The molecular formula is C10H14FNO. The fraction of sp³-hybridized carbons (Fsp3) is 0.400. The molecule has 0 fully saturated rings. The predicted molar refractivity (Wildman–Crippen MR) is 49.9 cm³/mol. The van der Waals surface area contributed by atoms with Gasteiger partial charge in [-0.05, 0) is 20.0 Å². The van der Waals surface area contributed by atoms with E-state index in [-0.39, 0.29) is 5.82 Å². The Kier molecular flexibility index (Phi) is 3.01. The van der Waals surface area contributed by atoms with Crippen LogP contribution in [0.15, 0.2) is 24.3 Å². The molecule has 1 rings (SSSR count). The second kappa shape index (κ2) is 3.85. The summed E-state index contributed by atoms with van der Waals surface area (Å²) in [5, 5.41) is 12.7. The molecule has 0 amide bonds. The van der Waals surface area contributed by atoms with Gasteiger partial charge in [0.1, 0.15) is 11.4 Å². The average Bonchev–Trinajstić information content (AvgIpc) is 2.04. The van der Waals surface area contributed by atoms with E-state index >= 15 is 0 Å². The number of hydrogen-bond acceptors (Lipinski definition) is 2. The Labute approximate surface area is 77.4 Å². The molecular weight excluding hydrogens is 169 g/mol.